The van der Waals surface area contributed by atoms with Gasteiger partial charge >= 0.3 is 0 Å². The van der Waals surface area contributed by atoms with E-state index in [1.54, 1.807) is 18.8 Å². The second kappa shape index (κ2) is 20.3. The molecule has 0 atom stereocenters. The predicted octanol–water partition coefficient (Wildman–Crippen LogP) is 1.29. The summed E-state index contributed by atoms with van der Waals surface area (Å²) in [4.78, 5) is 21.2. The van der Waals surface area contributed by atoms with Gasteiger partial charge in [-0.15, -0.1) is 0 Å². The van der Waals surface area contributed by atoms with E-state index in [1.807, 2.05) is 19.3 Å². The number of hydrogen-bond acceptors (Lipinski definition) is 3. The third-order valence-electron chi connectivity index (χ3n) is 1.87. The zero-order valence-electron chi connectivity index (χ0n) is 13.6. The van der Waals surface area contributed by atoms with Crippen LogP contribution in [-0.4, -0.2) is 49.0 Å². The number of carbonyl (C=O) groups is 2. The average molecular weight is 384 g/mol. The van der Waals surface area contributed by atoms with Gasteiger partial charge in [0.15, 0.2) is 5.91 Å². The van der Waals surface area contributed by atoms with Gasteiger partial charge in [0.05, 0.1) is 6.20 Å². The topological polar surface area (TPSA) is 67.2 Å². The minimum atomic E-state index is -0.106. The van der Waals surface area contributed by atoms with E-state index in [-0.39, 0.29) is 60.4 Å². The van der Waals surface area contributed by atoms with Crippen LogP contribution in [0.5, 0.6) is 0 Å². The molecule has 22 heavy (non-hydrogen) atoms. The summed E-state index contributed by atoms with van der Waals surface area (Å²) in [5.41, 5.74) is 1.19. The maximum Gasteiger partial charge on any atom is 0.218 e. The maximum atomic E-state index is 10.1. The average Bonchev–Trinajstić information content (AvgIpc) is 2.76. The molecular weight excluding hydrogens is 356 g/mol. The fourth-order valence-corrected chi connectivity index (χ4v) is 0.589. The molecule has 0 spiro atoms. The summed E-state index contributed by atoms with van der Waals surface area (Å²) < 4.78 is 1.80. The van der Waals surface area contributed by atoms with Crippen LogP contribution in [0.2, 0.25) is 0 Å². The smallest absolute Gasteiger partial charge is 0.218 e. The van der Waals surface area contributed by atoms with Crippen LogP contribution >= 0.6 is 0 Å². The number of carbonyl (C=O) groups excluding carboxylic acids is 2. The number of amides is 2. The fraction of sp³-hybridized carbons (Fsp3) is 0.500. The molecule has 124 valence electrons. The molecule has 1 aromatic rings. The van der Waals surface area contributed by atoms with Gasteiger partial charge < -0.3 is 21.8 Å². The molecule has 1 rings (SSSR count). The summed E-state index contributed by atoms with van der Waals surface area (Å²) in [7, 11) is 6.53. The van der Waals surface area contributed by atoms with Crippen molar-refractivity contribution >= 4 is 20.2 Å². The molecule has 0 aliphatic rings. The van der Waals surface area contributed by atoms with Crippen molar-refractivity contribution in [1.82, 2.24) is 20.0 Å². The standard InChI is InChI=1S/C6H9N2.C4H9NO.C3H6NO.CH4.B.Y/c1-3-8-5-6(2)4-7-8;1-4(6)5(2)3;1-3(5)4-2;;;/h4-5H,1,3H2,2H3;1-3H3;2H2,1H3,(H,4,5);1H4;;/q-1;;-1;;;. The van der Waals surface area contributed by atoms with Crippen LogP contribution in [0.1, 0.15) is 26.8 Å². The van der Waals surface area contributed by atoms with Gasteiger partial charge in [0.2, 0.25) is 5.91 Å². The first kappa shape index (κ1) is 33.1. The van der Waals surface area contributed by atoms with Crippen molar-refractivity contribution in [2.24, 2.45) is 0 Å². The normalized spacial score (nSPS) is 7.23. The second-order valence-corrected chi connectivity index (χ2v) is 3.93. The van der Waals surface area contributed by atoms with E-state index in [2.05, 4.69) is 24.4 Å². The van der Waals surface area contributed by atoms with Gasteiger partial charge in [-0.1, -0.05) is 14.0 Å². The maximum absolute atomic E-state index is 10.1. The van der Waals surface area contributed by atoms with Gasteiger partial charge in [-0.05, 0) is 12.5 Å². The number of aryl methyl sites for hydroxylation is 1. The molecule has 1 N–H and O–H groups in total. The summed E-state index contributed by atoms with van der Waals surface area (Å²) in [6, 6.07) is 0. The quantitative estimate of drug-likeness (QED) is 0.586. The Bertz CT molecular complexity index is 385. The Morgan fingerprint density at radius 1 is 1.36 bits per heavy atom. The first-order valence-electron chi connectivity index (χ1n) is 5.74. The molecule has 1 aromatic heterocycles. The first-order valence-corrected chi connectivity index (χ1v) is 5.74. The molecular formula is C14H28BN4O2Y-2. The summed E-state index contributed by atoms with van der Waals surface area (Å²) >= 11 is 0. The summed E-state index contributed by atoms with van der Waals surface area (Å²) in [5.74, 6) is -0.0139. The molecule has 0 unspecified atom stereocenters. The summed E-state index contributed by atoms with van der Waals surface area (Å²) in [5, 5.41) is 6.13. The van der Waals surface area contributed by atoms with E-state index < -0.39 is 0 Å². The van der Waals surface area contributed by atoms with Crippen LogP contribution in [0.15, 0.2) is 12.4 Å². The Labute approximate surface area is 162 Å². The van der Waals surface area contributed by atoms with Crippen LogP contribution in [-0.2, 0) is 48.8 Å². The molecule has 2 amide bonds. The molecule has 0 aromatic carbocycles. The largest absolute Gasteiger partial charge is 0.509 e. The molecule has 0 aliphatic carbocycles. The molecule has 0 saturated heterocycles. The van der Waals surface area contributed by atoms with Crippen LogP contribution in [0.25, 0.3) is 0 Å². The minimum absolute atomic E-state index is 0. The van der Waals surface area contributed by atoms with Crippen molar-refractivity contribution < 1.29 is 42.3 Å². The van der Waals surface area contributed by atoms with E-state index in [0.29, 0.717) is 6.54 Å². The van der Waals surface area contributed by atoms with Gasteiger partial charge in [-0.3, -0.25) is 16.6 Å². The predicted molar refractivity (Wildman–Crippen MR) is 88.3 cm³/mol. The van der Waals surface area contributed by atoms with Crippen molar-refractivity contribution in [1.29, 1.82) is 0 Å². The Morgan fingerprint density at radius 2 is 1.73 bits per heavy atom. The van der Waals surface area contributed by atoms with Gasteiger partial charge in [0, 0.05) is 75.3 Å². The SMILES string of the molecule is C.CC(=O)N(C)C.[B].[CH2-]Cn1cc(C)cn1.[CH2-]NC(C)=O.[Y]. The molecule has 0 fully saturated rings. The number of nitrogens with zero attached hydrogens (tertiary/aromatic N) is 3. The Balaban J connectivity index is -0.0000000634. The zero-order chi connectivity index (χ0) is 15.4. The monoisotopic (exact) mass is 384 g/mol. The van der Waals surface area contributed by atoms with E-state index in [0.717, 1.165) is 0 Å². The van der Waals surface area contributed by atoms with Crippen molar-refractivity contribution in [2.45, 2.75) is 34.7 Å². The molecule has 1 heterocycles. The van der Waals surface area contributed by atoms with E-state index in [4.69, 9.17) is 0 Å². The summed E-state index contributed by atoms with van der Waals surface area (Å²) in [6.07, 6.45) is 3.79. The van der Waals surface area contributed by atoms with Gasteiger partial charge in [-0.25, -0.2) is 0 Å². The Hall–Kier alpha value is -0.681. The van der Waals surface area contributed by atoms with E-state index >= 15 is 0 Å². The molecule has 0 aliphatic heterocycles. The number of rotatable bonds is 1. The Kier molecular flexibility index (Phi) is 30.5. The van der Waals surface area contributed by atoms with Crippen molar-refractivity contribution in [2.75, 3.05) is 14.1 Å². The number of nitrogens with one attached hydrogen (secondary N) is 1. The van der Waals surface area contributed by atoms with Crippen LogP contribution < -0.4 is 5.32 Å². The van der Waals surface area contributed by atoms with Crippen molar-refractivity contribution in [3.63, 3.8) is 0 Å². The second-order valence-electron chi connectivity index (χ2n) is 3.93. The van der Waals surface area contributed by atoms with Crippen LogP contribution in [0.3, 0.4) is 0 Å². The molecule has 4 radical (unpaired) electrons. The third-order valence-corrected chi connectivity index (χ3v) is 1.87. The number of aromatic nitrogens is 2. The van der Waals surface area contributed by atoms with Gasteiger partial charge in [-0.2, -0.15) is 5.10 Å². The van der Waals surface area contributed by atoms with E-state index in [1.165, 1.54) is 24.3 Å². The third kappa shape index (κ3) is 24.3. The minimum Gasteiger partial charge on any atom is -0.509 e. The van der Waals surface area contributed by atoms with Crippen LogP contribution in [0, 0.1) is 20.9 Å². The van der Waals surface area contributed by atoms with Crippen molar-refractivity contribution in [3.05, 3.63) is 31.9 Å². The molecule has 8 heteroatoms. The molecule has 0 saturated carbocycles. The Morgan fingerprint density at radius 3 is 1.82 bits per heavy atom. The first-order chi connectivity index (χ1) is 8.74. The number of hydrogen-bond donors (Lipinski definition) is 1. The molecule has 6 nitrogen and oxygen atoms in total. The zero-order valence-corrected chi connectivity index (χ0v) is 16.4. The summed E-state index contributed by atoms with van der Waals surface area (Å²) in [6.45, 7) is 9.34. The van der Waals surface area contributed by atoms with Gasteiger partial charge in [0.1, 0.15) is 0 Å². The van der Waals surface area contributed by atoms with E-state index in [9.17, 15) is 9.59 Å². The van der Waals surface area contributed by atoms with Crippen LogP contribution in [0.4, 0.5) is 0 Å². The molecule has 0 bridgehead atoms. The van der Waals surface area contributed by atoms with Gasteiger partial charge in [0.25, 0.3) is 0 Å². The van der Waals surface area contributed by atoms with Crippen molar-refractivity contribution in [3.8, 4) is 0 Å². The fourth-order valence-electron chi connectivity index (χ4n) is 0.589.